The molecule has 1 heterocycles. The van der Waals surface area contributed by atoms with Gasteiger partial charge in [0.15, 0.2) is 0 Å². The molecular weight excluding hydrogens is 204 g/mol. The second-order valence-electron chi connectivity index (χ2n) is 5.01. The fraction of sp³-hybridized carbons (Fsp3) is 0.917. The maximum absolute atomic E-state index is 12.0. The largest absolute Gasteiger partial charge is 0.369 e. The molecule has 4 nitrogen and oxygen atoms in total. The second-order valence-corrected chi connectivity index (χ2v) is 5.01. The summed E-state index contributed by atoms with van der Waals surface area (Å²) in [5.74, 6) is 1.29. The molecule has 0 unspecified atom stereocenters. The van der Waals surface area contributed by atoms with Crippen molar-refractivity contribution in [3.63, 3.8) is 0 Å². The van der Waals surface area contributed by atoms with Gasteiger partial charge in [0.2, 0.25) is 0 Å². The minimum atomic E-state index is -0.306. The Morgan fingerprint density at radius 1 is 1.50 bits per heavy atom. The minimum absolute atomic E-state index is 0.128. The zero-order chi connectivity index (χ0) is 11.7. The van der Waals surface area contributed by atoms with E-state index in [0.717, 1.165) is 19.5 Å². The molecule has 0 spiro atoms. The Kier molecular flexibility index (Phi) is 3.50. The Balaban J connectivity index is 1.91. The third kappa shape index (κ3) is 2.09. The molecule has 2 fully saturated rings. The average molecular weight is 226 g/mol. The fourth-order valence-electron chi connectivity index (χ4n) is 3.07. The van der Waals surface area contributed by atoms with E-state index in [1.807, 2.05) is 18.7 Å². The molecule has 1 saturated heterocycles. The summed E-state index contributed by atoms with van der Waals surface area (Å²) in [5, 5.41) is 0. The van der Waals surface area contributed by atoms with Crippen molar-refractivity contribution < 1.29 is 9.53 Å². The number of carbonyl (C=O) groups is 1. The third-order valence-corrected chi connectivity index (χ3v) is 3.99. The lowest BCUT2D eigenvalue weighted by atomic mass is 9.98. The van der Waals surface area contributed by atoms with E-state index in [0.29, 0.717) is 24.5 Å². The van der Waals surface area contributed by atoms with Crippen molar-refractivity contribution >= 4 is 5.91 Å². The molecule has 0 radical (unpaired) electrons. The highest BCUT2D eigenvalue weighted by Crippen LogP contribution is 2.37. The van der Waals surface area contributed by atoms with Gasteiger partial charge >= 0.3 is 0 Å². The normalized spacial score (nSPS) is 35.2. The van der Waals surface area contributed by atoms with Gasteiger partial charge in [-0.25, -0.2) is 0 Å². The highest BCUT2D eigenvalue weighted by molar-refractivity contribution is 5.80. The smallest absolute Gasteiger partial charge is 0.251 e. The number of amides is 1. The highest BCUT2D eigenvalue weighted by Gasteiger charge is 2.43. The van der Waals surface area contributed by atoms with Gasteiger partial charge in [-0.1, -0.05) is 0 Å². The predicted octanol–water partition coefficient (Wildman–Crippen LogP) is 0.607. The number of hydrogen-bond donors (Lipinski definition) is 1. The molecular formula is C12H22N2O2. The summed E-state index contributed by atoms with van der Waals surface area (Å²) in [6.45, 7) is 6.06. The zero-order valence-corrected chi connectivity index (χ0v) is 10.2. The molecule has 1 aliphatic heterocycles. The Morgan fingerprint density at radius 3 is 2.88 bits per heavy atom. The van der Waals surface area contributed by atoms with E-state index in [9.17, 15) is 4.79 Å². The van der Waals surface area contributed by atoms with Crippen molar-refractivity contribution in [1.29, 1.82) is 0 Å². The summed E-state index contributed by atoms with van der Waals surface area (Å²) in [7, 11) is 0. The van der Waals surface area contributed by atoms with Gasteiger partial charge in [0, 0.05) is 25.7 Å². The number of nitrogens with zero attached hydrogens (tertiary/aromatic N) is 1. The van der Waals surface area contributed by atoms with Crippen LogP contribution in [0.3, 0.4) is 0 Å². The molecule has 0 bridgehead atoms. The molecule has 2 N–H and O–H groups in total. The molecule has 0 aromatic heterocycles. The van der Waals surface area contributed by atoms with E-state index < -0.39 is 0 Å². The predicted molar refractivity (Wildman–Crippen MR) is 61.9 cm³/mol. The maximum atomic E-state index is 12.0. The van der Waals surface area contributed by atoms with Gasteiger partial charge in [0.1, 0.15) is 6.10 Å². The Morgan fingerprint density at radius 2 is 2.25 bits per heavy atom. The summed E-state index contributed by atoms with van der Waals surface area (Å²) in [6.07, 6.45) is 2.00. The molecule has 4 atom stereocenters. The molecule has 0 aromatic carbocycles. The lowest BCUT2D eigenvalue weighted by Gasteiger charge is -2.22. The lowest BCUT2D eigenvalue weighted by Crippen LogP contribution is -2.39. The van der Waals surface area contributed by atoms with Crippen LogP contribution in [0.1, 0.15) is 26.7 Å². The Bertz CT molecular complexity index is 270. The molecule has 2 aliphatic rings. The molecule has 0 aromatic rings. The molecule has 4 heteroatoms. The summed E-state index contributed by atoms with van der Waals surface area (Å²) in [5.41, 5.74) is 6.05. The van der Waals surface area contributed by atoms with Gasteiger partial charge in [-0.05, 0) is 38.5 Å². The monoisotopic (exact) mass is 226 g/mol. The van der Waals surface area contributed by atoms with E-state index in [-0.39, 0.29) is 12.0 Å². The second kappa shape index (κ2) is 4.72. The summed E-state index contributed by atoms with van der Waals surface area (Å²) >= 11 is 0. The average Bonchev–Trinajstić information content (AvgIpc) is 2.81. The fourth-order valence-corrected chi connectivity index (χ4v) is 3.07. The van der Waals surface area contributed by atoms with Crippen LogP contribution >= 0.6 is 0 Å². The first-order valence-corrected chi connectivity index (χ1v) is 6.29. The number of rotatable bonds is 3. The van der Waals surface area contributed by atoms with Crippen molar-refractivity contribution in [1.82, 2.24) is 4.90 Å². The van der Waals surface area contributed by atoms with Crippen molar-refractivity contribution in [2.45, 2.75) is 38.8 Å². The Labute approximate surface area is 97.1 Å². The quantitative estimate of drug-likeness (QED) is 0.767. The van der Waals surface area contributed by atoms with Crippen LogP contribution in [0.15, 0.2) is 0 Å². The van der Waals surface area contributed by atoms with Crippen LogP contribution in [-0.2, 0) is 9.53 Å². The van der Waals surface area contributed by atoms with Gasteiger partial charge in [0.25, 0.3) is 5.91 Å². The van der Waals surface area contributed by atoms with Crippen LogP contribution in [0.25, 0.3) is 0 Å². The first-order chi connectivity index (χ1) is 7.63. The summed E-state index contributed by atoms with van der Waals surface area (Å²) < 4.78 is 5.34. The zero-order valence-electron chi connectivity index (χ0n) is 10.2. The molecule has 1 aliphatic carbocycles. The van der Waals surface area contributed by atoms with Crippen LogP contribution in [0.4, 0.5) is 0 Å². The Hall–Kier alpha value is -0.610. The topological polar surface area (TPSA) is 55.6 Å². The van der Waals surface area contributed by atoms with E-state index >= 15 is 0 Å². The minimum Gasteiger partial charge on any atom is -0.369 e. The third-order valence-electron chi connectivity index (χ3n) is 3.99. The number of fused-ring (bicyclic) bond motifs is 1. The number of ether oxygens (including phenoxy) is 1. The summed E-state index contributed by atoms with van der Waals surface area (Å²) in [6, 6.07) is 0.296. The van der Waals surface area contributed by atoms with Crippen LogP contribution in [0.2, 0.25) is 0 Å². The molecule has 1 amide bonds. The molecule has 2 rings (SSSR count). The standard InChI is InChI=1S/C12H22N2O2/c1-3-16-8(2)12(15)14-6-9-4-5-11(13)10(9)7-14/h8-11H,3-7,13H2,1-2H3/t8-,9+,10-,11-/m1/s1. The SMILES string of the molecule is CCO[C@H](C)C(=O)N1C[C@@H]2CC[C@@H](N)[C@@H]2C1. The van der Waals surface area contributed by atoms with Gasteiger partial charge < -0.3 is 15.4 Å². The molecule has 16 heavy (non-hydrogen) atoms. The van der Waals surface area contributed by atoms with Crippen LogP contribution in [-0.4, -0.2) is 42.6 Å². The lowest BCUT2D eigenvalue weighted by molar-refractivity contribution is -0.141. The first kappa shape index (κ1) is 11.9. The first-order valence-electron chi connectivity index (χ1n) is 6.29. The molecule has 1 saturated carbocycles. The number of nitrogens with two attached hydrogens (primary N) is 1. The number of hydrogen-bond acceptors (Lipinski definition) is 3. The van der Waals surface area contributed by atoms with Gasteiger partial charge in [-0.3, -0.25) is 4.79 Å². The summed E-state index contributed by atoms with van der Waals surface area (Å²) in [4.78, 5) is 14.0. The van der Waals surface area contributed by atoms with Crippen LogP contribution in [0, 0.1) is 11.8 Å². The number of likely N-dealkylation sites (tertiary alicyclic amines) is 1. The molecule has 92 valence electrons. The van der Waals surface area contributed by atoms with Gasteiger partial charge in [0.05, 0.1) is 0 Å². The van der Waals surface area contributed by atoms with E-state index in [1.54, 1.807) is 0 Å². The van der Waals surface area contributed by atoms with Crippen molar-refractivity contribution in [3.8, 4) is 0 Å². The van der Waals surface area contributed by atoms with E-state index in [4.69, 9.17) is 10.5 Å². The number of carbonyl (C=O) groups excluding carboxylic acids is 1. The van der Waals surface area contributed by atoms with Crippen LogP contribution < -0.4 is 5.73 Å². The van der Waals surface area contributed by atoms with E-state index in [2.05, 4.69) is 0 Å². The van der Waals surface area contributed by atoms with Crippen molar-refractivity contribution in [2.75, 3.05) is 19.7 Å². The van der Waals surface area contributed by atoms with Crippen LogP contribution in [0.5, 0.6) is 0 Å². The van der Waals surface area contributed by atoms with Crippen molar-refractivity contribution in [2.24, 2.45) is 17.6 Å². The van der Waals surface area contributed by atoms with Gasteiger partial charge in [-0.15, -0.1) is 0 Å². The maximum Gasteiger partial charge on any atom is 0.251 e. The van der Waals surface area contributed by atoms with Crippen molar-refractivity contribution in [3.05, 3.63) is 0 Å². The van der Waals surface area contributed by atoms with E-state index in [1.165, 1.54) is 6.42 Å². The highest BCUT2D eigenvalue weighted by atomic mass is 16.5. The van der Waals surface area contributed by atoms with Gasteiger partial charge in [-0.2, -0.15) is 0 Å².